The summed E-state index contributed by atoms with van der Waals surface area (Å²) in [6.45, 7) is 0.595. The maximum absolute atomic E-state index is 12.8. The van der Waals surface area contributed by atoms with Gasteiger partial charge in [0.1, 0.15) is 17.6 Å². The van der Waals surface area contributed by atoms with Crippen molar-refractivity contribution >= 4 is 5.91 Å². The molecule has 1 unspecified atom stereocenters. The lowest BCUT2D eigenvalue weighted by atomic mass is 10.1. The van der Waals surface area contributed by atoms with Gasteiger partial charge in [-0.2, -0.15) is 18.2 Å². The van der Waals surface area contributed by atoms with E-state index in [1.54, 1.807) is 36.3 Å². The number of piperidine rings is 1. The Morgan fingerprint density at radius 3 is 2.62 bits per heavy atom. The average Bonchev–Trinajstić information content (AvgIpc) is 2.72. The SMILES string of the molecule is COc1ccc(OCC(=O)N2CCCC(Oc3nccc(C(F)(F)F)n3)C2)cc1. The Bertz CT molecular complexity index is 830. The minimum absolute atomic E-state index is 0.154. The molecule has 1 aromatic heterocycles. The minimum atomic E-state index is -4.57. The number of hydrogen-bond acceptors (Lipinski definition) is 6. The molecule has 0 bridgehead atoms. The fraction of sp³-hybridized carbons (Fsp3) is 0.421. The monoisotopic (exact) mass is 411 g/mol. The summed E-state index contributed by atoms with van der Waals surface area (Å²) in [4.78, 5) is 21.1. The first-order chi connectivity index (χ1) is 13.8. The van der Waals surface area contributed by atoms with E-state index in [-0.39, 0.29) is 25.1 Å². The number of alkyl halides is 3. The van der Waals surface area contributed by atoms with E-state index in [1.807, 2.05) is 0 Å². The van der Waals surface area contributed by atoms with Crippen LogP contribution in [0.4, 0.5) is 13.2 Å². The molecule has 3 rings (SSSR count). The summed E-state index contributed by atoms with van der Waals surface area (Å²) in [7, 11) is 1.55. The number of methoxy groups -OCH3 is 1. The Morgan fingerprint density at radius 1 is 1.21 bits per heavy atom. The predicted octanol–water partition coefficient (Wildman–Crippen LogP) is 2.95. The van der Waals surface area contributed by atoms with Gasteiger partial charge in [-0.1, -0.05) is 0 Å². The first-order valence-corrected chi connectivity index (χ1v) is 8.96. The molecule has 0 aliphatic carbocycles. The second-order valence-corrected chi connectivity index (χ2v) is 6.41. The molecule has 1 saturated heterocycles. The molecular weight excluding hydrogens is 391 g/mol. The molecule has 0 N–H and O–H groups in total. The number of nitrogens with zero attached hydrogens (tertiary/aromatic N) is 3. The largest absolute Gasteiger partial charge is 0.497 e. The Morgan fingerprint density at radius 2 is 1.93 bits per heavy atom. The smallest absolute Gasteiger partial charge is 0.433 e. The van der Waals surface area contributed by atoms with Gasteiger partial charge in [0.15, 0.2) is 12.3 Å². The number of amides is 1. The molecule has 1 aliphatic heterocycles. The van der Waals surface area contributed by atoms with Crippen LogP contribution in [0.5, 0.6) is 17.5 Å². The lowest BCUT2D eigenvalue weighted by Gasteiger charge is -2.32. The highest BCUT2D eigenvalue weighted by molar-refractivity contribution is 5.77. The van der Waals surface area contributed by atoms with Gasteiger partial charge in [-0.05, 0) is 43.2 Å². The molecule has 2 aromatic rings. The fourth-order valence-corrected chi connectivity index (χ4v) is 2.87. The summed E-state index contributed by atoms with van der Waals surface area (Å²) in [5.41, 5.74) is -1.07. The molecule has 1 aliphatic rings. The van der Waals surface area contributed by atoms with Gasteiger partial charge in [-0.3, -0.25) is 4.79 Å². The molecule has 1 amide bonds. The van der Waals surface area contributed by atoms with E-state index >= 15 is 0 Å². The number of carbonyl (C=O) groups is 1. The number of aromatic nitrogens is 2. The Balaban J connectivity index is 1.53. The van der Waals surface area contributed by atoms with Crippen molar-refractivity contribution in [3.63, 3.8) is 0 Å². The molecule has 1 atom stereocenters. The summed E-state index contributed by atoms with van der Waals surface area (Å²) in [5, 5.41) is 0. The van der Waals surface area contributed by atoms with Crippen molar-refractivity contribution in [1.29, 1.82) is 0 Å². The third kappa shape index (κ3) is 5.72. The number of hydrogen-bond donors (Lipinski definition) is 0. The van der Waals surface area contributed by atoms with Crippen LogP contribution in [0.15, 0.2) is 36.5 Å². The molecule has 10 heteroatoms. The standard InChI is InChI=1S/C19H20F3N3O4/c1-27-13-4-6-14(7-5-13)28-12-17(26)25-10-2-3-15(11-25)29-18-23-9-8-16(24-18)19(20,21)22/h4-9,15H,2-3,10-12H2,1H3. The first-order valence-electron chi connectivity index (χ1n) is 8.96. The van der Waals surface area contributed by atoms with Crippen LogP contribution in [0.25, 0.3) is 0 Å². The quantitative estimate of drug-likeness (QED) is 0.728. The Labute approximate surface area is 165 Å². The van der Waals surface area contributed by atoms with Gasteiger partial charge >= 0.3 is 12.2 Å². The van der Waals surface area contributed by atoms with E-state index in [0.717, 1.165) is 12.3 Å². The van der Waals surface area contributed by atoms with Gasteiger partial charge in [-0.25, -0.2) is 4.98 Å². The zero-order valence-corrected chi connectivity index (χ0v) is 15.7. The number of ether oxygens (including phenoxy) is 3. The molecule has 2 heterocycles. The zero-order valence-electron chi connectivity index (χ0n) is 15.7. The lowest BCUT2D eigenvalue weighted by Crippen LogP contribution is -2.46. The normalized spacial score (nSPS) is 17.0. The van der Waals surface area contributed by atoms with Gasteiger partial charge in [0, 0.05) is 12.7 Å². The second-order valence-electron chi connectivity index (χ2n) is 6.41. The molecule has 0 spiro atoms. The molecule has 29 heavy (non-hydrogen) atoms. The van der Waals surface area contributed by atoms with Crippen molar-refractivity contribution in [2.75, 3.05) is 26.8 Å². The van der Waals surface area contributed by atoms with Crippen LogP contribution in [0.2, 0.25) is 0 Å². The van der Waals surface area contributed by atoms with Crippen LogP contribution < -0.4 is 14.2 Å². The van der Waals surface area contributed by atoms with Crippen molar-refractivity contribution in [3.8, 4) is 17.5 Å². The molecule has 7 nitrogen and oxygen atoms in total. The molecule has 1 aromatic carbocycles. The van der Waals surface area contributed by atoms with Crippen LogP contribution in [0.1, 0.15) is 18.5 Å². The van der Waals surface area contributed by atoms with E-state index in [0.29, 0.717) is 30.9 Å². The number of benzene rings is 1. The number of carbonyl (C=O) groups excluding carboxylic acids is 1. The van der Waals surface area contributed by atoms with Crippen molar-refractivity contribution in [2.24, 2.45) is 0 Å². The fourth-order valence-electron chi connectivity index (χ4n) is 2.87. The lowest BCUT2D eigenvalue weighted by molar-refractivity contribution is -0.141. The van der Waals surface area contributed by atoms with E-state index in [4.69, 9.17) is 14.2 Å². The Hall–Kier alpha value is -3.04. The zero-order chi connectivity index (χ0) is 20.9. The van der Waals surface area contributed by atoms with Crippen molar-refractivity contribution in [3.05, 3.63) is 42.2 Å². The predicted molar refractivity (Wildman–Crippen MR) is 95.8 cm³/mol. The van der Waals surface area contributed by atoms with Crippen LogP contribution in [0, 0.1) is 0 Å². The highest BCUT2D eigenvalue weighted by Gasteiger charge is 2.33. The van der Waals surface area contributed by atoms with Gasteiger partial charge in [0.2, 0.25) is 0 Å². The molecular formula is C19H20F3N3O4. The highest BCUT2D eigenvalue weighted by atomic mass is 19.4. The summed E-state index contributed by atoms with van der Waals surface area (Å²) >= 11 is 0. The third-order valence-corrected chi connectivity index (χ3v) is 4.35. The number of halogens is 3. The topological polar surface area (TPSA) is 73.8 Å². The van der Waals surface area contributed by atoms with Crippen LogP contribution in [-0.2, 0) is 11.0 Å². The summed E-state index contributed by atoms with van der Waals surface area (Å²) < 4.78 is 54.3. The van der Waals surface area contributed by atoms with Crippen molar-refractivity contribution < 1.29 is 32.2 Å². The van der Waals surface area contributed by atoms with Crippen LogP contribution in [0.3, 0.4) is 0 Å². The van der Waals surface area contributed by atoms with E-state index in [1.165, 1.54) is 0 Å². The van der Waals surface area contributed by atoms with Crippen molar-refractivity contribution in [2.45, 2.75) is 25.1 Å². The number of likely N-dealkylation sites (tertiary alicyclic amines) is 1. The maximum atomic E-state index is 12.8. The second kappa shape index (κ2) is 8.97. The maximum Gasteiger partial charge on any atom is 0.433 e. The molecule has 0 saturated carbocycles. The first kappa shape index (κ1) is 20.7. The van der Waals surface area contributed by atoms with E-state index in [9.17, 15) is 18.0 Å². The third-order valence-electron chi connectivity index (χ3n) is 4.35. The van der Waals surface area contributed by atoms with Crippen LogP contribution in [-0.4, -0.2) is 53.7 Å². The summed E-state index contributed by atoms with van der Waals surface area (Å²) in [6, 6.07) is 7.26. The van der Waals surface area contributed by atoms with Crippen LogP contribution >= 0.6 is 0 Å². The Kier molecular flexibility index (Phi) is 6.40. The van der Waals surface area contributed by atoms with Gasteiger partial charge < -0.3 is 19.1 Å². The molecule has 156 valence electrons. The van der Waals surface area contributed by atoms with E-state index < -0.39 is 18.0 Å². The van der Waals surface area contributed by atoms with Crippen molar-refractivity contribution in [1.82, 2.24) is 14.9 Å². The summed E-state index contributed by atoms with van der Waals surface area (Å²) in [6.07, 6.45) is -2.83. The molecule has 0 radical (unpaired) electrons. The van der Waals surface area contributed by atoms with Gasteiger partial charge in [0.05, 0.1) is 13.7 Å². The van der Waals surface area contributed by atoms with Gasteiger partial charge in [-0.15, -0.1) is 0 Å². The average molecular weight is 411 g/mol. The minimum Gasteiger partial charge on any atom is -0.497 e. The summed E-state index contributed by atoms with van der Waals surface area (Å²) in [5.74, 6) is 0.969. The van der Waals surface area contributed by atoms with Gasteiger partial charge in [0.25, 0.3) is 5.91 Å². The molecule has 1 fully saturated rings. The highest BCUT2D eigenvalue weighted by Crippen LogP contribution is 2.28. The number of rotatable bonds is 6. The van der Waals surface area contributed by atoms with E-state index in [2.05, 4.69) is 9.97 Å².